The second-order valence-electron chi connectivity index (χ2n) is 7.33. The van der Waals surface area contributed by atoms with Crippen LogP contribution in [0.4, 0.5) is 5.82 Å². The van der Waals surface area contributed by atoms with E-state index in [2.05, 4.69) is 27.1 Å². The molecule has 1 fully saturated rings. The summed E-state index contributed by atoms with van der Waals surface area (Å²) in [5, 5.41) is 3.87. The third-order valence-corrected chi connectivity index (χ3v) is 5.28. The van der Waals surface area contributed by atoms with E-state index in [4.69, 9.17) is 9.15 Å². The van der Waals surface area contributed by atoms with Gasteiger partial charge < -0.3 is 24.3 Å². The zero-order chi connectivity index (χ0) is 20.2. The molecule has 1 saturated heterocycles. The summed E-state index contributed by atoms with van der Waals surface area (Å²) in [6, 6.07) is 11.6. The van der Waals surface area contributed by atoms with E-state index in [1.165, 1.54) is 0 Å². The predicted octanol–water partition coefficient (Wildman–Crippen LogP) is 2.66. The van der Waals surface area contributed by atoms with E-state index in [9.17, 15) is 4.79 Å². The van der Waals surface area contributed by atoms with E-state index in [0.29, 0.717) is 24.5 Å². The van der Waals surface area contributed by atoms with Crippen LogP contribution in [0, 0.1) is 0 Å². The molecule has 1 N–H and O–H groups in total. The van der Waals surface area contributed by atoms with E-state index in [1.54, 1.807) is 13.3 Å². The monoisotopic (exact) mass is 394 g/mol. The number of ether oxygens (including phenoxy) is 1. The number of nitrogens with one attached hydrogen (secondary N) is 1. The van der Waals surface area contributed by atoms with E-state index >= 15 is 0 Å². The van der Waals surface area contributed by atoms with Gasteiger partial charge in [-0.25, -0.2) is 4.98 Å². The number of methoxy groups -OCH3 is 1. The highest BCUT2D eigenvalue weighted by atomic mass is 16.5. The van der Waals surface area contributed by atoms with Crippen molar-refractivity contribution < 1.29 is 13.9 Å². The molecular formula is C22H26N4O3. The maximum absolute atomic E-state index is 12.8. The zero-order valence-corrected chi connectivity index (χ0v) is 16.9. The molecule has 152 valence electrons. The average Bonchev–Trinajstić information content (AvgIpc) is 3.12. The van der Waals surface area contributed by atoms with Crippen molar-refractivity contribution in [1.29, 1.82) is 0 Å². The van der Waals surface area contributed by atoms with E-state index in [-0.39, 0.29) is 5.91 Å². The molecule has 0 atom stereocenters. The number of piperazine rings is 1. The Labute approximate surface area is 170 Å². The van der Waals surface area contributed by atoms with E-state index < -0.39 is 0 Å². The number of nitrogens with zero attached hydrogens (tertiary/aromatic N) is 3. The highest BCUT2D eigenvalue weighted by molar-refractivity contribution is 5.99. The predicted molar refractivity (Wildman–Crippen MR) is 112 cm³/mol. The molecule has 7 heteroatoms. The van der Waals surface area contributed by atoms with Gasteiger partial charge in [0.15, 0.2) is 5.76 Å². The molecule has 0 bridgehead atoms. The van der Waals surface area contributed by atoms with Gasteiger partial charge in [-0.3, -0.25) is 4.79 Å². The molecule has 0 radical (unpaired) electrons. The Balaban J connectivity index is 1.47. The van der Waals surface area contributed by atoms with Crippen LogP contribution in [0.3, 0.4) is 0 Å². The fourth-order valence-electron chi connectivity index (χ4n) is 3.61. The largest absolute Gasteiger partial charge is 0.451 e. The number of furan rings is 1. The Kier molecular flexibility index (Phi) is 5.78. The van der Waals surface area contributed by atoms with Crippen LogP contribution in [0.1, 0.15) is 21.7 Å². The van der Waals surface area contributed by atoms with Gasteiger partial charge in [-0.15, -0.1) is 0 Å². The molecule has 0 spiro atoms. The van der Waals surface area contributed by atoms with E-state index in [1.807, 2.05) is 36.4 Å². The lowest BCUT2D eigenvalue weighted by molar-refractivity contribution is 0.0918. The lowest BCUT2D eigenvalue weighted by Crippen LogP contribution is -2.44. The van der Waals surface area contributed by atoms with Crippen molar-refractivity contribution >= 4 is 22.7 Å². The molecule has 4 rings (SSSR count). The minimum Gasteiger partial charge on any atom is -0.451 e. The van der Waals surface area contributed by atoms with Gasteiger partial charge >= 0.3 is 0 Å². The number of para-hydroxylation sites is 1. The lowest BCUT2D eigenvalue weighted by atomic mass is 10.1. The van der Waals surface area contributed by atoms with Crippen LogP contribution in [0.15, 0.2) is 47.0 Å². The van der Waals surface area contributed by atoms with E-state index in [0.717, 1.165) is 48.5 Å². The van der Waals surface area contributed by atoms with Crippen LogP contribution in [-0.2, 0) is 17.9 Å². The van der Waals surface area contributed by atoms with Crippen molar-refractivity contribution in [3.05, 3.63) is 59.5 Å². The van der Waals surface area contributed by atoms with Crippen LogP contribution >= 0.6 is 0 Å². The van der Waals surface area contributed by atoms with Gasteiger partial charge in [-0.2, -0.15) is 0 Å². The molecule has 1 aliphatic heterocycles. The van der Waals surface area contributed by atoms with Crippen LogP contribution in [0.5, 0.6) is 0 Å². The van der Waals surface area contributed by atoms with Crippen molar-refractivity contribution in [2.24, 2.45) is 0 Å². The molecule has 1 aliphatic rings. The molecule has 2 aromatic heterocycles. The molecule has 0 aliphatic carbocycles. The summed E-state index contributed by atoms with van der Waals surface area (Å²) in [7, 11) is 3.74. The number of carbonyl (C=O) groups is 1. The van der Waals surface area contributed by atoms with Gasteiger partial charge in [0.25, 0.3) is 5.91 Å². The van der Waals surface area contributed by atoms with Gasteiger partial charge in [0.1, 0.15) is 11.4 Å². The summed E-state index contributed by atoms with van der Waals surface area (Å²) in [6.45, 7) is 4.69. The Morgan fingerprint density at radius 3 is 2.79 bits per heavy atom. The van der Waals surface area contributed by atoms with Crippen molar-refractivity contribution in [2.45, 2.75) is 13.2 Å². The molecule has 7 nitrogen and oxygen atoms in total. The van der Waals surface area contributed by atoms with Gasteiger partial charge in [-0.05, 0) is 30.8 Å². The molecular weight excluding hydrogens is 368 g/mol. The summed E-state index contributed by atoms with van der Waals surface area (Å²) in [5.74, 6) is 1.02. The molecule has 3 heterocycles. The number of aromatic nitrogens is 1. The number of fused-ring (bicyclic) bond motifs is 1. The molecule has 0 unspecified atom stereocenters. The third kappa shape index (κ3) is 4.26. The summed E-state index contributed by atoms with van der Waals surface area (Å²) in [4.78, 5) is 21.9. The maximum Gasteiger partial charge on any atom is 0.287 e. The topological polar surface area (TPSA) is 70.8 Å². The summed E-state index contributed by atoms with van der Waals surface area (Å²) < 4.78 is 11.1. The smallest absolute Gasteiger partial charge is 0.287 e. The fourth-order valence-corrected chi connectivity index (χ4v) is 3.61. The number of amides is 1. The SMILES string of the molecule is COCc1c(C(=O)NCc2ccnc(N3CCN(C)CC3)c2)oc2ccccc12. The summed E-state index contributed by atoms with van der Waals surface area (Å²) >= 11 is 0. The number of likely N-dealkylation sites (N-methyl/N-ethyl adjacent to an activating group) is 1. The first-order chi connectivity index (χ1) is 14.2. The minimum atomic E-state index is -0.244. The highest BCUT2D eigenvalue weighted by Crippen LogP contribution is 2.26. The Morgan fingerprint density at radius 2 is 2.00 bits per heavy atom. The second-order valence-corrected chi connectivity index (χ2v) is 7.33. The second kappa shape index (κ2) is 8.63. The van der Waals surface area contributed by atoms with Crippen molar-refractivity contribution in [1.82, 2.24) is 15.2 Å². The van der Waals surface area contributed by atoms with Gasteiger partial charge in [0, 0.05) is 57.0 Å². The van der Waals surface area contributed by atoms with Crippen LogP contribution in [-0.4, -0.2) is 56.1 Å². The quantitative estimate of drug-likeness (QED) is 0.693. The number of carbonyl (C=O) groups excluding carboxylic acids is 1. The average molecular weight is 394 g/mol. The van der Waals surface area contributed by atoms with Crippen LogP contribution in [0.2, 0.25) is 0 Å². The zero-order valence-electron chi connectivity index (χ0n) is 16.9. The molecule has 1 aromatic carbocycles. The standard InChI is InChI=1S/C22H26N4O3/c1-25-9-11-26(12-10-25)20-13-16(7-8-23-20)14-24-22(27)21-18(15-28-2)17-5-3-4-6-19(17)29-21/h3-8,13H,9-12,14-15H2,1-2H3,(H,24,27). The number of pyridine rings is 1. The lowest BCUT2D eigenvalue weighted by Gasteiger charge is -2.33. The maximum atomic E-state index is 12.8. The fraction of sp³-hybridized carbons (Fsp3) is 0.364. The molecule has 29 heavy (non-hydrogen) atoms. The number of hydrogen-bond donors (Lipinski definition) is 1. The normalized spacial score (nSPS) is 15.0. The first-order valence-corrected chi connectivity index (χ1v) is 9.81. The van der Waals surface area contributed by atoms with Crippen molar-refractivity contribution in [3.63, 3.8) is 0 Å². The van der Waals surface area contributed by atoms with Crippen LogP contribution in [0.25, 0.3) is 11.0 Å². The number of anilines is 1. The Hall–Kier alpha value is -2.90. The summed E-state index contributed by atoms with van der Waals surface area (Å²) in [6.07, 6.45) is 1.80. The molecule has 1 amide bonds. The third-order valence-electron chi connectivity index (χ3n) is 5.28. The van der Waals surface area contributed by atoms with Gasteiger partial charge in [0.05, 0.1) is 6.61 Å². The van der Waals surface area contributed by atoms with Crippen molar-refractivity contribution in [2.75, 3.05) is 45.2 Å². The Bertz CT molecular complexity index is 993. The van der Waals surface area contributed by atoms with Crippen LogP contribution < -0.4 is 10.2 Å². The number of benzene rings is 1. The number of rotatable bonds is 6. The highest BCUT2D eigenvalue weighted by Gasteiger charge is 2.20. The Morgan fingerprint density at radius 1 is 1.21 bits per heavy atom. The van der Waals surface area contributed by atoms with Gasteiger partial charge in [-0.1, -0.05) is 18.2 Å². The van der Waals surface area contributed by atoms with Gasteiger partial charge in [0.2, 0.25) is 0 Å². The van der Waals surface area contributed by atoms with Crippen molar-refractivity contribution in [3.8, 4) is 0 Å². The molecule has 0 saturated carbocycles. The minimum absolute atomic E-state index is 0.244. The summed E-state index contributed by atoms with van der Waals surface area (Å²) in [5.41, 5.74) is 2.46. The first-order valence-electron chi connectivity index (χ1n) is 9.81. The number of hydrogen-bond acceptors (Lipinski definition) is 6. The first kappa shape index (κ1) is 19.4. The molecule has 3 aromatic rings.